The highest BCUT2D eigenvalue weighted by atomic mass is 16.4. The van der Waals surface area contributed by atoms with Gasteiger partial charge in [-0.1, -0.05) is 0 Å². The van der Waals surface area contributed by atoms with E-state index < -0.39 is 5.97 Å². The number of hydrogen-bond donors (Lipinski definition) is 2. The Morgan fingerprint density at radius 2 is 2.35 bits per heavy atom. The van der Waals surface area contributed by atoms with E-state index in [9.17, 15) is 9.90 Å². The van der Waals surface area contributed by atoms with Crippen LogP contribution in [0.5, 0.6) is 0 Å². The second-order valence-corrected chi connectivity index (χ2v) is 5.03. The first-order valence-electron chi connectivity index (χ1n) is 6.71. The molecule has 0 bridgehead atoms. The number of carboxylic acid groups (broad SMARTS) is 1. The predicted octanol–water partition coefficient (Wildman–Crippen LogP) is 3.03. The fraction of sp³-hybridized carbons (Fsp3) is 0.333. The number of rotatable bonds is 4. The lowest BCUT2D eigenvalue weighted by atomic mass is 10.1. The monoisotopic (exact) mass is 272 g/mol. The van der Waals surface area contributed by atoms with Crippen LogP contribution in [0, 0.1) is 0 Å². The minimum Gasteiger partial charge on any atom is -0.478 e. The second-order valence-electron chi connectivity index (χ2n) is 5.03. The highest BCUT2D eigenvalue weighted by Crippen LogP contribution is 2.27. The van der Waals surface area contributed by atoms with Crippen LogP contribution in [0.3, 0.4) is 0 Å². The van der Waals surface area contributed by atoms with Crippen LogP contribution in [0.15, 0.2) is 28.9 Å². The van der Waals surface area contributed by atoms with E-state index in [1.807, 2.05) is 19.1 Å². The molecule has 2 aromatic heterocycles. The molecule has 0 amide bonds. The SMILES string of the molecule is CC(Nc1nc2c(cc1C(=O)O)CCC2)c1ccco1. The van der Waals surface area contributed by atoms with E-state index in [1.165, 1.54) is 0 Å². The van der Waals surface area contributed by atoms with Gasteiger partial charge in [-0.2, -0.15) is 0 Å². The van der Waals surface area contributed by atoms with Gasteiger partial charge in [0.15, 0.2) is 0 Å². The summed E-state index contributed by atoms with van der Waals surface area (Å²) < 4.78 is 5.32. The van der Waals surface area contributed by atoms with Gasteiger partial charge in [0.1, 0.15) is 17.1 Å². The lowest BCUT2D eigenvalue weighted by Gasteiger charge is -2.15. The molecule has 1 aliphatic rings. The van der Waals surface area contributed by atoms with Gasteiger partial charge in [-0.3, -0.25) is 0 Å². The maximum absolute atomic E-state index is 11.4. The second kappa shape index (κ2) is 5.00. The summed E-state index contributed by atoms with van der Waals surface area (Å²) in [6, 6.07) is 5.28. The third-order valence-electron chi connectivity index (χ3n) is 3.60. The van der Waals surface area contributed by atoms with Gasteiger partial charge in [0.05, 0.1) is 12.3 Å². The van der Waals surface area contributed by atoms with Crippen molar-refractivity contribution in [3.8, 4) is 0 Å². The number of anilines is 1. The van der Waals surface area contributed by atoms with E-state index in [1.54, 1.807) is 12.3 Å². The Labute approximate surface area is 116 Å². The van der Waals surface area contributed by atoms with Gasteiger partial charge < -0.3 is 14.8 Å². The summed E-state index contributed by atoms with van der Waals surface area (Å²) in [5, 5.41) is 12.5. The number of carboxylic acids is 1. The average molecular weight is 272 g/mol. The summed E-state index contributed by atoms with van der Waals surface area (Å²) in [4.78, 5) is 15.9. The van der Waals surface area contributed by atoms with E-state index in [-0.39, 0.29) is 11.6 Å². The molecule has 2 heterocycles. The third-order valence-corrected chi connectivity index (χ3v) is 3.60. The van der Waals surface area contributed by atoms with Gasteiger partial charge >= 0.3 is 5.97 Å². The quantitative estimate of drug-likeness (QED) is 0.894. The molecule has 1 atom stereocenters. The fourth-order valence-corrected chi connectivity index (χ4v) is 2.56. The normalized spacial score (nSPS) is 14.8. The Kier molecular flexibility index (Phi) is 3.18. The number of aromatic nitrogens is 1. The summed E-state index contributed by atoms with van der Waals surface area (Å²) >= 11 is 0. The first kappa shape index (κ1) is 12.7. The number of aryl methyl sites for hydroxylation is 2. The minimum atomic E-state index is -0.957. The van der Waals surface area contributed by atoms with Gasteiger partial charge in [0.25, 0.3) is 0 Å². The first-order chi connectivity index (χ1) is 9.65. The lowest BCUT2D eigenvalue weighted by Crippen LogP contribution is -2.13. The Morgan fingerprint density at radius 1 is 1.50 bits per heavy atom. The standard InChI is InChI=1S/C15H16N2O3/c1-9(13-6-3-7-20-13)16-14-11(15(18)19)8-10-4-2-5-12(10)17-14/h3,6-9H,2,4-5H2,1H3,(H,16,17)(H,18,19). The molecule has 1 aliphatic carbocycles. The molecule has 0 spiro atoms. The summed E-state index contributed by atoms with van der Waals surface area (Å²) in [7, 11) is 0. The van der Waals surface area contributed by atoms with Crippen molar-refractivity contribution in [2.75, 3.05) is 5.32 Å². The molecule has 104 valence electrons. The van der Waals surface area contributed by atoms with Crippen LogP contribution in [-0.4, -0.2) is 16.1 Å². The van der Waals surface area contributed by atoms with E-state index in [0.29, 0.717) is 5.82 Å². The van der Waals surface area contributed by atoms with Gasteiger partial charge in [-0.15, -0.1) is 0 Å². The molecule has 5 heteroatoms. The van der Waals surface area contributed by atoms with Crippen molar-refractivity contribution in [1.29, 1.82) is 0 Å². The summed E-state index contributed by atoms with van der Waals surface area (Å²) in [5.41, 5.74) is 2.28. The Balaban J connectivity index is 1.94. The number of aromatic carboxylic acids is 1. The molecule has 2 aromatic rings. The van der Waals surface area contributed by atoms with Crippen molar-refractivity contribution in [2.45, 2.75) is 32.2 Å². The van der Waals surface area contributed by atoms with Gasteiger partial charge in [0, 0.05) is 5.69 Å². The summed E-state index contributed by atoms with van der Waals surface area (Å²) in [6.07, 6.45) is 4.47. The van der Waals surface area contributed by atoms with Crippen LogP contribution in [0.25, 0.3) is 0 Å². The highest BCUT2D eigenvalue weighted by molar-refractivity contribution is 5.93. The van der Waals surface area contributed by atoms with Crippen molar-refractivity contribution < 1.29 is 14.3 Å². The molecule has 1 unspecified atom stereocenters. The Hall–Kier alpha value is -2.30. The number of hydrogen-bond acceptors (Lipinski definition) is 4. The molecule has 0 aromatic carbocycles. The van der Waals surface area contributed by atoms with E-state index in [4.69, 9.17) is 4.42 Å². The average Bonchev–Trinajstić information content (AvgIpc) is 3.08. The number of nitrogens with zero attached hydrogens (tertiary/aromatic N) is 1. The van der Waals surface area contributed by atoms with Gasteiger partial charge in [-0.25, -0.2) is 9.78 Å². The van der Waals surface area contributed by atoms with Crippen LogP contribution < -0.4 is 5.32 Å². The van der Waals surface area contributed by atoms with E-state index in [2.05, 4.69) is 10.3 Å². The molecule has 20 heavy (non-hydrogen) atoms. The summed E-state index contributed by atoms with van der Waals surface area (Å²) in [5.74, 6) is 0.215. The molecule has 0 radical (unpaired) electrons. The fourth-order valence-electron chi connectivity index (χ4n) is 2.56. The van der Waals surface area contributed by atoms with E-state index >= 15 is 0 Å². The predicted molar refractivity (Wildman–Crippen MR) is 74.0 cm³/mol. The van der Waals surface area contributed by atoms with Crippen molar-refractivity contribution >= 4 is 11.8 Å². The van der Waals surface area contributed by atoms with Crippen LogP contribution >= 0.6 is 0 Å². The van der Waals surface area contributed by atoms with Crippen molar-refractivity contribution in [1.82, 2.24) is 4.98 Å². The molecular weight excluding hydrogens is 256 g/mol. The number of carbonyl (C=O) groups is 1. The topological polar surface area (TPSA) is 75.4 Å². The smallest absolute Gasteiger partial charge is 0.339 e. The minimum absolute atomic E-state index is 0.130. The van der Waals surface area contributed by atoms with Gasteiger partial charge in [0.2, 0.25) is 0 Å². The molecule has 5 nitrogen and oxygen atoms in total. The molecule has 0 aliphatic heterocycles. The van der Waals surface area contributed by atoms with Crippen LogP contribution in [0.2, 0.25) is 0 Å². The maximum atomic E-state index is 11.4. The van der Waals surface area contributed by atoms with E-state index in [0.717, 1.165) is 36.3 Å². The zero-order chi connectivity index (χ0) is 14.1. The number of nitrogens with one attached hydrogen (secondary N) is 1. The molecule has 0 saturated heterocycles. The molecule has 0 fully saturated rings. The van der Waals surface area contributed by atoms with Crippen LogP contribution in [0.1, 0.15) is 46.8 Å². The number of pyridine rings is 1. The molecule has 0 saturated carbocycles. The molecular formula is C15H16N2O3. The van der Waals surface area contributed by atoms with Crippen molar-refractivity contribution in [3.05, 3.63) is 47.0 Å². The zero-order valence-corrected chi connectivity index (χ0v) is 11.2. The number of furan rings is 1. The maximum Gasteiger partial charge on any atom is 0.339 e. The molecule has 3 rings (SSSR count). The van der Waals surface area contributed by atoms with Crippen LogP contribution in [-0.2, 0) is 12.8 Å². The van der Waals surface area contributed by atoms with Gasteiger partial charge in [-0.05, 0) is 49.9 Å². The third kappa shape index (κ3) is 2.27. The van der Waals surface area contributed by atoms with Crippen molar-refractivity contribution in [3.63, 3.8) is 0 Å². The largest absolute Gasteiger partial charge is 0.478 e. The Bertz CT molecular complexity index is 635. The zero-order valence-electron chi connectivity index (χ0n) is 11.2. The van der Waals surface area contributed by atoms with Crippen LogP contribution in [0.4, 0.5) is 5.82 Å². The Morgan fingerprint density at radius 3 is 3.05 bits per heavy atom. The van der Waals surface area contributed by atoms with Crippen molar-refractivity contribution in [2.24, 2.45) is 0 Å². The number of fused-ring (bicyclic) bond motifs is 1. The molecule has 2 N–H and O–H groups in total. The lowest BCUT2D eigenvalue weighted by molar-refractivity contribution is 0.0697. The first-order valence-corrected chi connectivity index (χ1v) is 6.71. The summed E-state index contributed by atoms with van der Waals surface area (Å²) in [6.45, 7) is 1.92. The highest BCUT2D eigenvalue weighted by Gasteiger charge is 2.21.